The molecular weight excluding hydrogens is 340 g/mol. The molecule has 0 bridgehead atoms. The molecule has 1 N–H and O–H groups in total. The Morgan fingerprint density at radius 3 is 2.63 bits per heavy atom. The maximum atomic E-state index is 11.8. The zero-order valence-electron chi connectivity index (χ0n) is 16.0. The van der Waals surface area contributed by atoms with Crippen molar-refractivity contribution in [3.63, 3.8) is 0 Å². The molecule has 0 saturated heterocycles. The number of anilines is 1. The van der Waals surface area contributed by atoms with Crippen molar-refractivity contribution >= 4 is 11.5 Å². The highest BCUT2D eigenvalue weighted by molar-refractivity contribution is 5.97. The van der Waals surface area contributed by atoms with Crippen LogP contribution in [-0.2, 0) is 5.72 Å². The summed E-state index contributed by atoms with van der Waals surface area (Å²) in [6, 6.07) is 15.8. The Kier molecular flexibility index (Phi) is 4.79. The summed E-state index contributed by atoms with van der Waals surface area (Å²) in [7, 11) is 1.69. The second-order valence-corrected chi connectivity index (χ2v) is 7.06. The molecule has 0 spiro atoms. The van der Waals surface area contributed by atoms with Crippen molar-refractivity contribution in [3.8, 4) is 11.5 Å². The first-order valence-corrected chi connectivity index (χ1v) is 9.67. The van der Waals surface area contributed by atoms with E-state index in [1.807, 2.05) is 49.4 Å². The van der Waals surface area contributed by atoms with Crippen LogP contribution in [0, 0.1) is 0 Å². The van der Waals surface area contributed by atoms with E-state index in [1.165, 1.54) is 5.84 Å². The second-order valence-electron chi connectivity index (χ2n) is 7.06. The van der Waals surface area contributed by atoms with Gasteiger partial charge in [-0.2, -0.15) is 0 Å². The van der Waals surface area contributed by atoms with Gasteiger partial charge in [-0.3, -0.25) is 0 Å². The molecule has 5 heteroatoms. The SMILES string of the molecule is CCOc1ccc([C@@]2(O)CN(c3ccccc3OC)C3=[N+]2CCCC3)cc1. The molecule has 2 aromatic carbocycles. The van der Waals surface area contributed by atoms with Crippen LogP contribution in [0.3, 0.4) is 0 Å². The molecule has 0 aliphatic carbocycles. The quantitative estimate of drug-likeness (QED) is 0.823. The van der Waals surface area contributed by atoms with Gasteiger partial charge in [0.2, 0.25) is 0 Å². The van der Waals surface area contributed by atoms with Crippen LogP contribution in [0.5, 0.6) is 11.5 Å². The summed E-state index contributed by atoms with van der Waals surface area (Å²) < 4.78 is 13.3. The van der Waals surface area contributed by atoms with Crippen molar-refractivity contribution < 1.29 is 19.2 Å². The topological polar surface area (TPSA) is 44.9 Å². The summed E-state index contributed by atoms with van der Waals surface area (Å²) >= 11 is 0. The summed E-state index contributed by atoms with van der Waals surface area (Å²) in [5.74, 6) is 2.82. The van der Waals surface area contributed by atoms with E-state index in [9.17, 15) is 5.11 Å². The van der Waals surface area contributed by atoms with Crippen molar-refractivity contribution in [2.24, 2.45) is 0 Å². The van der Waals surface area contributed by atoms with Crippen molar-refractivity contribution in [1.29, 1.82) is 0 Å². The second kappa shape index (κ2) is 7.24. The highest BCUT2D eigenvalue weighted by Crippen LogP contribution is 2.39. The molecule has 5 nitrogen and oxygen atoms in total. The number of para-hydroxylation sites is 2. The molecular formula is C22H27N2O3+. The predicted molar refractivity (Wildman–Crippen MR) is 106 cm³/mol. The van der Waals surface area contributed by atoms with Crippen molar-refractivity contribution in [2.45, 2.75) is 31.9 Å². The van der Waals surface area contributed by atoms with Crippen LogP contribution in [0.4, 0.5) is 5.69 Å². The molecule has 0 aromatic heterocycles. The molecule has 0 amide bonds. The monoisotopic (exact) mass is 367 g/mol. The van der Waals surface area contributed by atoms with E-state index in [4.69, 9.17) is 9.47 Å². The first kappa shape index (κ1) is 17.9. The number of methoxy groups -OCH3 is 1. The molecule has 0 saturated carbocycles. The Labute approximate surface area is 160 Å². The van der Waals surface area contributed by atoms with Gasteiger partial charge in [-0.05, 0) is 56.2 Å². The number of hydrogen-bond donors (Lipinski definition) is 1. The van der Waals surface area contributed by atoms with Crippen LogP contribution in [0.2, 0.25) is 0 Å². The van der Waals surface area contributed by atoms with Crippen LogP contribution < -0.4 is 14.4 Å². The lowest BCUT2D eigenvalue weighted by atomic mass is 10.0. The molecule has 2 heterocycles. The van der Waals surface area contributed by atoms with E-state index >= 15 is 0 Å². The standard InChI is InChI=1S/C22H27N2O3/c1-3-27-18-13-11-17(12-14-18)22(25)16-23(21-10-6-7-15-24(21)22)19-8-4-5-9-20(19)26-2/h4-5,8-9,11-14,25H,3,6-7,10,15-16H2,1-2H3/q+1/t22-/m0/s1. The lowest BCUT2D eigenvalue weighted by molar-refractivity contribution is -0.661. The van der Waals surface area contributed by atoms with Gasteiger partial charge in [0.15, 0.2) is 18.0 Å². The predicted octanol–water partition coefficient (Wildman–Crippen LogP) is 3.35. The molecule has 0 unspecified atom stereocenters. The minimum atomic E-state index is -1.05. The number of β-amino-alcohol motifs (C(OH)–C–C–N with tert-alkyl or cyclic N) is 1. The number of aliphatic hydroxyl groups is 1. The largest absolute Gasteiger partial charge is 0.494 e. The van der Waals surface area contributed by atoms with E-state index in [0.29, 0.717) is 13.2 Å². The molecule has 142 valence electrons. The molecule has 0 fully saturated rings. The van der Waals surface area contributed by atoms with Gasteiger partial charge in [-0.25, -0.2) is 9.48 Å². The lowest BCUT2D eigenvalue weighted by Crippen LogP contribution is -2.41. The molecule has 2 aliphatic rings. The van der Waals surface area contributed by atoms with Gasteiger partial charge in [0, 0.05) is 12.0 Å². The Morgan fingerprint density at radius 2 is 1.89 bits per heavy atom. The van der Waals surface area contributed by atoms with Gasteiger partial charge in [-0.1, -0.05) is 12.1 Å². The summed E-state index contributed by atoms with van der Waals surface area (Å²) in [6.45, 7) is 3.94. The summed E-state index contributed by atoms with van der Waals surface area (Å²) in [4.78, 5) is 2.22. The van der Waals surface area contributed by atoms with Crippen molar-refractivity contribution in [1.82, 2.24) is 0 Å². The minimum absolute atomic E-state index is 0.483. The Balaban J connectivity index is 1.75. The number of amidine groups is 1. The fourth-order valence-electron chi connectivity index (χ4n) is 4.20. The molecule has 27 heavy (non-hydrogen) atoms. The number of ether oxygens (including phenoxy) is 2. The van der Waals surface area contributed by atoms with E-state index in [-0.39, 0.29) is 0 Å². The van der Waals surface area contributed by atoms with Gasteiger partial charge >= 0.3 is 0 Å². The van der Waals surface area contributed by atoms with Crippen molar-refractivity contribution in [2.75, 3.05) is 31.7 Å². The average molecular weight is 367 g/mol. The Morgan fingerprint density at radius 1 is 1.11 bits per heavy atom. The van der Waals surface area contributed by atoms with E-state index in [2.05, 4.69) is 15.5 Å². The highest BCUT2D eigenvalue weighted by Gasteiger charge is 2.53. The third kappa shape index (κ3) is 3.06. The van der Waals surface area contributed by atoms with Crippen LogP contribution in [-0.4, -0.2) is 42.3 Å². The van der Waals surface area contributed by atoms with Crippen LogP contribution in [0.15, 0.2) is 48.5 Å². The van der Waals surface area contributed by atoms with Gasteiger partial charge < -0.3 is 14.6 Å². The average Bonchev–Trinajstić information content (AvgIpc) is 3.03. The fourth-order valence-corrected chi connectivity index (χ4v) is 4.20. The maximum absolute atomic E-state index is 11.8. The van der Waals surface area contributed by atoms with E-state index in [1.54, 1.807) is 7.11 Å². The number of benzene rings is 2. The zero-order chi connectivity index (χ0) is 18.9. The molecule has 2 aliphatic heterocycles. The smallest absolute Gasteiger partial charge is 0.271 e. The zero-order valence-corrected chi connectivity index (χ0v) is 16.0. The third-order valence-electron chi connectivity index (χ3n) is 5.48. The normalized spacial score (nSPS) is 22.0. The third-order valence-corrected chi connectivity index (χ3v) is 5.48. The molecule has 0 radical (unpaired) electrons. The summed E-state index contributed by atoms with van der Waals surface area (Å²) in [5, 5.41) is 11.8. The molecule has 2 aromatic rings. The first-order chi connectivity index (χ1) is 13.2. The van der Waals surface area contributed by atoms with E-state index < -0.39 is 5.72 Å². The fraction of sp³-hybridized carbons (Fsp3) is 0.409. The minimum Gasteiger partial charge on any atom is -0.494 e. The first-order valence-electron chi connectivity index (χ1n) is 9.67. The van der Waals surface area contributed by atoms with Gasteiger partial charge in [0.25, 0.3) is 11.6 Å². The lowest BCUT2D eigenvalue weighted by Gasteiger charge is -2.24. The number of hydrogen-bond acceptors (Lipinski definition) is 4. The molecule has 1 atom stereocenters. The summed E-state index contributed by atoms with van der Waals surface area (Å²) in [5.41, 5.74) is 0.841. The van der Waals surface area contributed by atoms with Gasteiger partial charge in [-0.15, -0.1) is 0 Å². The summed E-state index contributed by atoms with van der Waals surface area (Å²) in [6.07, 6.45) is 3.18. The Hall–Kier alpha value is -2.53. The van der Waals surface area contributed by atoms with Gasteiger partial charge in [0.1, 0.15) is 5.75 Å². The van der Waals surface area contributed by atoms with Crippen molar-refractivity contribution in [3.05, 3.63) is 54.1 Å². The van der Waals surface area contributed by atoms with E-state index in [0.717, 1.165) is 48.6 Å². The Bertz CT molecular complexity index is 847. The van der Waals surface area contributed by atoms with Crippen LogP contribution in [0.1, 0.15) is 31.7 Å². The highest BCUT2D eigenvalue weighted by atomic mass is 16.5. The maximum Gasteiger partial charge on any atom is 0.271 e. The van der Waals surface area contributed by atoms with Crippen LogP contribution in [0.25, 0.3) is 0 Å². The van der Waals surface area contributed by atoms with Crippen LogP contribution >= 0.6 is 0 Å². The molecule has 4 rings (SSSR count). The van der Waals surface area contributed by atoms with Gasteiger partial charge in [0.05, 0.1) is 20.3 Å². The number of rotatable bonds is 5. The number of nitrogens with zero attached hydrogens (tertiary/aromatic N) is 2.